The fourth-order valence-electron chi connectivity index (χ4n) is 4.58. The smallest absolute Gasteiger partial charge is 0.229 e. The highest BCUT2D eigenvalue weighted by molar-refractivity contribution is 7.92. The molecule has 1 aliphatic carbocycles. The topological polar surface area (TPSA) is 155 Å². The zero-order valence-electron chi connectivity index (χ0n) is 20.4. The number of fused-ring (bicyclic) bond motifs is 1. The molecule has 0 atom stereocenters. The summed E-state index contributed by atoms with van der Waals surface area (Å²) in [5.74, 6) is 1.78. The van der Waals surface area contributed by atoms with Crippen LogP contribution in [-0.2, 0) is 14.8 Å². The number of hydrogen-bond donors (Lipinski definition) is 2. The fraction of sp³-hybridized carbons (Fsp3) is 0.458. The maximum atomic E-state index is 11.8. The van der Waals surface area contributed by atoms with E-state index in [0.29, 0.717) is 41.5 Å². The zero-order valence-corrected chi connectivity index (χ0v) is 21.2. The second-order valence-electron chi connectivity index (χ2n) is 9.19. The summed E-state index contributed by atoms with van der Waals surface area (Å²) in [6.45, 7) is 2.69. The van der Waals surface area contributed by atoms with Crippen molar-refractivity contribution in [2.24, 2.45) is 0 Å². The number of nitrogens with one attached hydrogen (secondary N) is 2. The van der Waals surface area contributed by atoms with Gasteiger partial charge in [0.05, 0.1) is 54.7 Å². The average molecular weight is 525 g/mol. The van der Waals surface area contributed by atoms with Crippen LogP contribution in [0.15, 0.2) is 30.7 Å². The number of pyridine rings is 2. The maximum Gasteiger partial charge on any atom is 0.229 e. The number of aromatic nitrogens is 4. The molecule has 4 heterocycles. The van der Waals surface area contributed by atoms with Crippen molar-refractivity contribution in [2.75, 3.05) is 47.5 Å². The molecule has 37 heavy (non-hydrogen) atoms. The number of morpholine rings is 1. The summed E-state index contributed by atoms with van der Waals surface area (Å²) in [5, 5.41) is 13.1. The lowest BCUT2D eigenvalue weighted by atomic mass is 9.93. The molecule has 2 fully saturated rings. The molecule has 0 aromatic carbocycles. The summed E-state index contributed by atoms with van der Waals surface area (Å²) in [5.41, 5.74) is 1.31. The number of rotatable bonds is 7. The van der Waals surface area contributed by atoms with Crippen LogP contribution in [0.25, 0.3) is 10.9 Å². The molecule has 2 N–H and O–H groups in total. The van der Waals surface area contributed by atoms with Crippen molar-refractivity contribution in [3.05, 3.63) is 36.4 Å². The van der Waals surface area contributed by atoms with E-state index in [-0.39, 0.29) is 17.8 Å². The van der Waals surface area contributed by atoms with Gasteiger partial charge >= 0.3 is 0 Å². The third-order valence-electron chi connectivity index (χ3n) is 6.32. The van der Waals surface area contributed by atoms with E-state index >= 15 is 0 Å². The Morgan fingerprint density at radius 3 is 2.62 bits per heavy atom. The van der Waals surface area contributed by atoms with Gasteiger partial charge in [0.2, 0.25) is 15.9 Å². The summed E-state index contributed by atoms with van der Waals surface area (Å²) < 4.78 is 37.9. The Kier molecular flexibility index (Phi) is 7.20. The van der Waals surface area contributed by atoms with Crippen molar-refractivity contribution in [3.8, 4) is 11.9 Å². The van der Waals surface area contributed by atoms with Crippen LogP contribution in [-0.4, -0.2) is 73.1 Å². The molecule has 12 nitrogen and oxygen atoms in total. The molecule has 1 saturated heterocycles. The first-order chi connectivity index (χ1) is 17.9. The van der Waals surface area contributed by atoms with Gasteiger partial charge in [0.1, 0.15) is 23.8 Å². The molecule has 13 heteroatoms. The van der Waals surface area contributed by atoms with Gasteiger partial charge in [-0.1, -0.05) is 0 Å². The van der Waals surface area contributed by atoms with E-state index in [2.05, 4.69) is 29.9 Å². The van der Waals surface area contributed by atoms with Crippen LogP contribution in [0.2, 0.25) is 0 Å². The minimum atomic E-state index is -3.46. The van der Waals surface area contributed by atoms with Crippen molar-refractivity contribution in [1.29, 1.82) is 5.26 Å². The van der Waals surface area contributed by atoms with E-state index in [0.717, 1.165) is 50.8 Å². The molecule has 3 aromatic rings. The Balaban J connectivity index is 1.34. The second kappa shape index (κ2) is 10.7. The van der Waals surface area contributed by atoms with E-state index in [1.54, 1.807) is 12.3 Å². The largest absolute Gasteiger partial charge is 0.474 e. The summed E-state index contributed by atoms with van der Waals surface area (Å²) in [6.07, 6.45) is 8.88. The van der Waals surface area contributed by atoms with E-state index in [4.69, 9.17) is 19.7 Å². The first-order valence-electron chi connectivity index (χ1n) is 12.1. The van der Waals surface area contributed by atoms with Crippen LogP contribution < -0.4 is 19.7 Å². The predicted octanol–water partition coefficient (Wildman–Crippen LogP) is 2.30. The third kappa shape index (κ3) is 6.33. The van der Waals surface area contributed by atoms with Gasteiger partial charge < -0.3 is 19.7 Å². The van der Waals surface area contributed by atoms with Crippen LogP contribution >= 0.6 is 0 Å². The van der Waals surface area contributed by atoms with Crippen molar-refractivity contribution in [1.82, 2.24) is 19.9 Å². The monoisotopic (exact) mass is 524 g/mol. The number of anilines is 3. The summed E-state index contributed by atoms with van der Waals surface area (Å²) in [4.78, 5) is 19.8. The van der Waals surface area contributed by atoms with Crippen LogP contribution in [0.1, 0.15) is 31.4 Å². The third-order valence-corrected chi connectivity index (χ3v) is 6.93. The minimum absolute atomic E-state index is 0.0586. The lowest BCUT2D eigenvalue weighted by Crippen LogP contribution is -2.37. The van der Waals surface area contributed by atoms with E-state index in [1.807, 2.05) is 12.1 Å². The second-order valence-corrected chi connectivity index (χ2v) is 10.9. The van der Waals surface area contributed by atoms with Crippen molar-refractivity contribution in [3.63, 3.8) is 0 Å². The molecule has 0 bridgehead atoms. The first kappa shape index (κ1) is 24.9. The Morgan fingerprint density at radius 1 is 1.11 bits per heavy atom. The quantitative estimate of drug-likeness (QED) is 0.467. The molecule has 1 aliphatic heterocycles. The molecule has 194 valence electrons. The Morgan fingerprint density at radius 2 is 1.89 bits per heavy atom. The molecular weight excluding hydrogens is 496 g/mol. The normalized spacial score (nSPS) is 20.3. The Labute approximate surface area is 215 Å². The van der Waals surface area contributed by atoms with Gasteiger partial charge in [0, 0.05) is 25.2 Å². The van der Waals surface area contributed by atoms with Gasteiger partial charge in [-0.2, -0.15) is 10.2 Å². The maximum absolute atomic E-state index is 11.8. The van der Waals surface area contributed by atoms with Crippen molar-refractivity contribution < 1.29 is 17.9 Å². The molecular formula is C24H28N8O4S. The highest BCUT2D eigenvalue weighted by atomic mass is 32.2. The van der Waals surface area contributed by atoms with Crippen LogP contribution in [0.5, 0.6) is 5.88 Å². The van der Waals surface area contributed by atoms with Gasteiger partial charge in [-0.05, 0) is 31.7 Å². The predicted molar refractivity (Wildman–Crippen MR) is 138 cm³/mol. The SMILES string of the molecule is CS(=O)(=O)Nc1cnc2cc(N3CCOCC3)nc(OC3CCC(Nc4cncc(C#N)n4)CC3)c2c1. The number of nitrogens with zero attached hydrogens (tertiary/aromatic N) is 6. The molecule has 0 radical (unpaired) electrons. The lowest BCUT2D eigenvalue weighted by molar-refractivity contribution is 0.122. The number of ether oxygens (including phenoxy) is 2. The van der Waals surface area contributed by atoms with Crippen molar-refractivity contribution >= 4 is 38.2 Å². The average Bonchev–Trinajstić information content (AvgIpc) is 2.89. The van der Waals surface area contributed by atoms with Gasteiger partial charge in [0.15, 0.2) is 5.69 Å². The fourth-order valence-corrected chi connectivity index (χ4v) is 5.12. The summed E-state index contributed by atoms with van der Waals surface area (Å²) >= 11 is 0. The number of sulfonamides is 1. The molecule has 2 aliphatic rings. The van der Waals surface area contributed by atoms with E-state index in [1.165, 1.54) is 12.4 Å². The highest BCUT2D eigenvalue weighted by Gasteiger charge is 2.25. The van der Waals surface area contributed by atoms with Crippen LogP contribution in [0.4, 0.5) is 17.3 Å². The lowest BCUT2D eigenvalue weighted by Gasteiger charge is -2.31. The van der Waals surface area contributed by atoms with Gasteiger partial charge in [0.25, 0.3) is 0 Å². The molecule has 0 unspecified atom stereocenters. The molecule has 3 aromatic heterocycles. The zero-order chi connectivity index (χ0) is 25.8. The Hall–Kier alpha value is -3.76. The first-order valence-corrected chi connectivity index (χ1v) is 14.0. The highest BCUT2D eigenvalue weighted by Crippen LogP contribution is 2.33. The van der Waals surface area contributed by atoms with E-state index < -0.39 is 10.0 Å². The standard InChI is InChI=1S/C24H28N8O4S/c1-37(33,34)31-17-10-20-21(27-14-17)11-23(32-6-8-35-9-7-32)30-24(20)36-19-4-2-16(3-5-19)28-22-15-26-13-18(12-25)29-22/h10-11,13-16,19,31H,2-9H2,1H3,(H,28,29). The molecule has 5 rings (SSSR count). The van der Waals surface area contributed by atoms with Gasteiger partial charge in [-0.15, -0.1) is 0 Å². The van der Waals surface area contributed by atoms with Gasteiger partial charge in [-0.3, -0.25) is 14.7 Å². The Bertz CT molecular complexity index is 1410. The van der Waals surface area contributed by atoms with Crippen LogP contribution in [0, 0.1) is 11.3 Å². The molecule has 1 saturated carbocycles. The van der Waals surface area contributed by atoms with Crippen molar-refractivity contribution in [2.45, 2.75) is 37.8 Å². The van der Waals surface area contributed by atoms with Gasteiger partial charge in [-0.25, -0.2) is 13.4 Å². The van der Waals surface area contributed by atoms with Crippen LogP contribution in [0.3, 0.4) is 0 Å². The molecule has 0 spiro atoms. The number of nitriles is 1. The molecule has 0 amide bonds. The number of hydrogen-bond acceptors (Lipinski definition) is 11. The summed E-state index contributed by atoms with van der Waals surface area (Å²) in [7, 11) is -3.46. The van der Waals surface area contributed by atoms with E-state index in [9.17, 15) is 8.42 Å². The summed E-state index contributed by atoms with van der Waals surface area (Å²) in [6, 6.07) is 5.81. The minimum Gasteiger partial charge on any atom is -0.474 e.